The average Bonchev–Trinajstić information content (AvgIpc) is 2.97. The molecule has 0 unspecified atom stereocenters. The molecule has 4 heterocycles. The highest BCUT2D eigenvalue weighted by atomic mass is 19.1. The standard InChI is InChI=1S/C32H36FN7O2/c1-19-24(8-9-25(33)29(19)37-31(42)27-17-36-28(18-35-27)32(2,3)4)26-15-22(30(41)39-38-26)14-23-7-6-21(16-34-23)20-10-12-40(5)13-11-20/h6-9,15-18,20H,10-14H2,1-5H3,(H,37,42)(H,39,41). The number of carbonyl (C=O) groups is 1. The monoisotopic (exact) mass is 569 g/mol. The minimum Gasteiger partial charge on any atom is -0.318 e. The van der Waals surface area contributed by atoms with Crippen LogP contribution in [0.4, 0.5) is 10.1 Å². The summed E-state index contributed by atoms with van der Waals surface area (Å²) >= 11 is 0. The second-order valence-corrected chi connectivity index (χ2v) is 12.0. The Hall–Kier alpha value is -4.31. The van der Waals surface area contributed by atoms with E-state index in [1.807, 2.05) is 33.0 Å². The number of H-pyrrole nitrogens is 1. The van der Waals surface area contributed by atoms with Gasteiger partial charge in [0.1, 0.15) is 11.5 Å². The first-order valence-corrected chi connectivity index (χ1v) is 14.1. The number of anilines is 1. The lowest BCUT2D eigenvalue weighted by atomic mass is 9.90. The van der Waals surface area contributed by atoms with E-state index in [1.165, 1.54) is 17.8 Å². The Morgan fingerprint density at radius 1 is 1.07 bits per heavy atom. The molecule has 1 amide bonds. The summed E-state index contributed by atoms with van der Waals surface area (Å²) in [6, 6.07) is 8.61. The van der Waals surface area contributed by atoms with Crippen molar-refractivity contribution in [2.45, 2.75) is 58.3 Å². The number of benzene rings is 1. The van der Waals surface area contributed by atoms with Crippen LogP contribution < -0.4 is 10.9 Å². The normalized spacial score (nSPS) is 14.6. The number of nitrogens with one attached hydrogen (secondary N) is 2. The Bertz CT molecular complexity index is 1640. The van der Waals surface area contributed by atoms with Gasteiger partial charge in [-0.3, -0.25) is 19.6 Å². The average molecular weight is 570 g/mol. The number of hydrogen-bond donors (Lipinski definition) is 2. The fraction of sp³-hybridized carbons (Fsp3) is 0.375. The van der Waals surface area contributed by atoms with Crippen molar-refractivity contribution in [1.82, 2.24) is 30.0 Å². The van der Waals surface area contributed by atoms with Crippen LogP contribution in [0.5, 0.6) is 0 Å². The number of pyridine rings is 1. The van der Waals surface area contributed by atoms with E-state index in [2.05, 4.69) is 48.5 Å². The van der Waals surface area contributed by atoms with Crippen LogP contribution in [0.25, 0.3) is 11.3 Å². The summed E-state index contributed by atoms with van der Waals surface area (Å²) in [5.41, 5.74) is 4.28. The van der Waals surface area contributed by atoms with Crippen LogP contribution in [0.1, 0.15) is 78.1 Å². The van der Waals surface area contributed by atoms with Gasteiger partial charge >= 0.3 is 0 Å². The van der Waals surface area contributed by atoms with Crippen molar-refractivity contribution in [3.05, 3.63) is 98.9 Å². The molecule has 2 N–H and O–H groups in total. The number of amides is 1. The maximum Gasteiger partial charge on any atom is 0.275 e. The molecule has 1 aromatic carbocycles. The van der Waals surface area contributed by atoms with Gasteiger partial charge in [0.25, 0.3) is 11.5 Å². The van der Waals surface area contributed by atoms with Gasteiger partial charge in [-0.25, -0.2) is 14.5 Å². The molecule has 1 aliphatic heterocycles. The predicted octanol–water partition coefficient (Wildman–Crippen LogP) is 5.02. The number of likely N-dealkylation sites (tertiary alicyclic amines) is 1. The molecule has 218 valence electrons. The van der Waals surface area contributed by atoms with Gasteiger partial charge in [0.05, 0.1) is 23.3 Å². The van der Waals surface area contributed by atoms with Crippen LogP contribution in [0.2, 0.25) is 0 Å². The molecule has 1 saturated heterocycles. The van der Waals surface area contributed by atoms with E-state index < -0.39 is 11.7 Å². The molecule has 0 radical (unpaired) electrons. The van der Waals surface area contributed by atoms with Crippen LogP contribution in [0, 0.1) is 12.7 Å². The summed E-state index contributed by atoms with van der Waals surface area (Å²) in [6.07, 6.45) is 7.41. The molecule has 42 heavy (non-hydrogen) atoms. The van der Waals surface area contributed by atoms with Crippen molar-refractivity contribution >= 4 is 11.6 Å². The zero-order valence-corrected chi connectivity index (χ0v) is 24.7. The fourth-order valence-electron chi connectivity index (χ4n) is 5.15. The van der Waals surface area contributed by atoms with Crippen molar-refractivity contribution in [3.63, 3.8) is 0 Å². The van der Waals surface area contributed by atoms with Gasteiger partial charge < -0.3 is 10.2 Å². The molecule has 0 spiro atoms. The second kappa shape index (κ2) is 11.9. The predicted molar refractivity (Wildman–Crippen MR) is 160 cm³/mol. The summed E-state index contributed by atoms with van der Waals surface area (Å²) in [5, 5.41) is 9.41. The molecular weight excluding hydrogens is 533 g/mol. The maximum atomic E-state index is 14.9. The SMILES string of the molecule is Cc1c(-c2cc(Cc3ccc(C4CCN(C)CC4)cn3)c(=O)[nH]n2)ccc(F)c1NC(=O)c1cnc(C(C)(C)C)cn1. The lowest BCUT2D eigenvalue weighted by Gasteiger charge is -2.29. The largest absolute Gasteiger partial charge is 0.318 e. The van der Waals surface area contributed by atoms with Crippen LogP contribution >= 0.6 is 0 Å². The van der Waals surface area contributed by atoms with E-state index in [0.29, 0.717) is 34.7 Å². The van der Waals surface area contributed by atoms with Crippen LogP contribution in [0.15, 0.2) is 53.7 Å². The van der Waals surface area contributed by atoms with E-state index in [9.17, 15) is 14.0 Å². The Morgan fingerprint density at radius 3 is 2.48 bits per heavy atom. The number of hydrogen-bond acceptors (Lipinski definition) is 7. The van der Waals surface area contributed by atoms with Crippen molar-refractivity contribution < 1.29 is 9.18 Å². The lowest BCUT2D eigenvalue weighted by Crippen LogP contribution is -2.29. The van der Waals surface area contributed by atoms with Gasteiger partial charge in [-0.05, 0) is 81.2 Å². The first kappa shape index (κ1) is 29.2. The number of aromatic amines is 1. The van der Waals surface area contributed by atoms with Gasteiger partial charge in [0.2, 0.25) is 0 Å². The molecule has 3 aromatic heterocycles. The fourth-order valence-corrected chi connectivity index (χ4v) is 5.15. The minimum absolute atomic E-state index is 0.0138. The van der Waals surface area contributed by atoms with Crippen molar-refractivity contribution in [2.75, 3.05) is 25.5 Å². The van der Waals surface area contributed by atoms with Crippen LogP contribution in [-0.4, -0.2) is 56.1 Å². The minimum atomic E-state index is -0.595. The number of rotatable bonds is 6. The van der Waals surface area contributed by atoms with E-state index in [-0.39, 0.29) is 22.4 Å². The number of carbonyl (C=O) groups excluding carboxylic acids is 1. The molecule has 10 heteroatoms. The topological polar surface area (TPSA) is 117 Å². The third-order valence-corrected chi connectivity index (χ3v) is 7.87. The smallest absolute Gasteiger partial charge is 0.275 e. The third-order valence-electron chi connectivity index (χ3n) is 7.87. The Morgan fingerprint density at radius 2 is 1.83 bits per heavy atom. The first-order chi connectivity index (χ1) is 20.0. The molecule has 1 fully saturated rings. The van der Waals surface area contributed by atoms with E-state index in [0.717, 1.165) is 37.3 Å². The van der Waals surface area contributed by atoms with Crippen molar-refractivity contribution in [3.8, 4) is 11.3 Å². The molecule has 0 saturated carbocycles. The summed E-state index contributed by atoms with van der Waals surface area (Å²) < 4.78 is 14.9. The summed E-state index contributed by atoms with van der Waals surface area (Å²) in [7, 11) is 2.14. The van der Waals surface area contributed by atoms with Gasteiger partial charge in [-0.2, -0.15) is 5.10 Å². The van der Waals surface area contributed by atoms with Crippen molar-refractivity contribution in [1.29, 1.82) is 0 Å². The van der Waals surface area contributed by atoms with Gasteiger partial charge in [-0.15, -0.1) is 0 Å². The van der Waals surface area contributed by atoms with Gasteiger partial charge in [0.15, 0.2) is 0 Å². The quantitative estimate of drug-likeness (QED) is 0.335. The number of halogens is 1. The Kier molecular flexibility index (Phi) is 8.27. The Balaban J connectivity index is 1.35. The number of aromatic nitrogens is 5. The van der Waals surface area contributed by atoms with Crippen molar-refractivity contribution in [2.24, 2.45) is 0 Å². The zero-order valence-electron chi connectivity index (χ0n) is 24.7. The summed E-state index contributed by atoms with van der Waals surface area (Å²) in [4.78, 5) is 41.1. The molecule has 1 aliphatic rings. The zero-order chi connectivity index (χ0) is 30.0. The third kappa shape index (κ3) is 6.44. The molecule has 9 nitrogen and oxygen atoms in total. The van der Waals surface area contributed by atoms with Crippen LogP contribution in [0.3, 0.4) is 0 Å². The Labute approximate surface area is 244 Å². The summed E-state index contributed by atoms with van der Waals surface area (Å²) in [5.74, 6) is -0.667. The molecule has 0 bridgehead atoms. The molecule has 4 aromatic rings. The molecule has 5 rings (SSSR count). The second-order valence-electron chi connectivity index (χ2n) is 12.0. The first-order valence-electron chi connectivity index (χ1n) is 14.1. The highest BCUT2D eigenvalue weighted by Crippen LogP contribution is 2.31. The highest BCUT2D eigenvalue weighted by molar-refractivity contribution is 6.03. The van der Waals surface area contributed by atoms with Crippen LogP contribution in [-0.2, 0) is 11.8 Å². The number of piperidine rings is 1. The van der Waals surface area contributed by atoms with Gasteiger partial charge in [0, 0.05) is 41.1 Å². The van der Waals surface area contributed by atoms with E-state index in [1.54, 1.807) is 25.3 Å². The van der Waals surface area contributed by atoms with E-state index >= 15 is 0 Å². The summed E-state index contributed by atoms with van der Waals surface area (Å²) in [6.45, 7) is 9.85. The van der Waals surface area contributed by atoms with E-state index in [4.69, 9.17) is 0 Å². The molecular formula is C32H36FN7O2. The lowest BCUT2D eigenvalue weighted by molar-refractivity contribution is 0.102. The molecule has 0 atom stereocenters. The van der Waals surface area contributed by atoms with Gasteiger partial charge in [-0.1, -0.05) is 26.8 Å². The number of nitrogens with zero attached hydrogens (tertiary/aromatic N) is 5. The highest BCUT2D eigenvalue weighted by Gasteiger charge is 2.21. The molecule has 0 aliphatic carbocycles. The maximum absolute atomic E-state index is 14.9.